The van der Waals surface area contributed by atoms with E-state index in [4.69, 9.17) is 5.11 Å². The van der Waals surface area contributed by atoms with Crippen LogP contribution in [-0.4, -0.2) is 23.1 Å². The molecular formula is C10H7F2NO4. The van der Waals surface area contributed by atoms with Crippen molar-refractivity contribution in [3.63, 3.8) is 0 Å². The first-order chi connectivity index (χ1) is 7.88. The molecule has 0 unspecified atom stereocenters. The van der Waals surface area contributed by atoms with Crippen LogP contribution in [0.2, 0.25) is 0 Å². The number of halogens is 2. The molecule has 1 aromatic rings. The van der Waals surface area contributed by atoms with Gasteiger partial charge in [-0.05, 0) is 17.7 Å². The Balaban J connectivity index is 2.34. The van der Waals surface area contributed by atoms with Crippen molar-refractivity contribution in [2.24, 2.45) is 0 Å². The fraction of sp³-hybridized carbons (Fsp3) is 0.200. The lowest BCUT2D eigenvalue weighted by Gasteiger charge is -2.24. The van der Waals surface area contributed by atoms with Gasteiger partial charge in [-0.1, -0.05) is 6.07 Å². The van der Waals surface area contributed by atoms with Gasteiger partial charge < -0.3 is 15.2 Å². The normalized spacial score (nSPS) is 16.7. The van der Waals surface area contributed by atoms with Gasteiger partial charge in [0.15, 0.2) is 5.75 Å². The Hall–Kier alpha value is -2.18. The number of amides is 1. The fourth-order valence-electron chi connectivity index (χ4n) is 1.42. The third-order valence-corrected chi connectivity index (χ3v) is 2.15. The molecule has 0 bridgehead atoms. The van der Waals surface area contributed by atoms with E-state index >= 15 is 0 Å². The summed E-state index contributed by atoms with van der Waals surface area (Å²) in [5, 5.41) is 10.5. The van der Waals surface area contributed by atoms with Crippen molar-refractivity contribution in [2.45, 2.75) is 12.5 Å². The van der Waals surface area contributed by atoms with Crippen molar-refractivity contribution in [2.75, 3.05) is 5.32 Å². The van der Waals surface area contributed by atoms with E-state index in [-0.39, 0.29) is 17.9 Å². The zero-order valence-electron chi connectivity index (χ0n) is 8.37. The number of carboxylic acids is 1. The zero-order chi connectivity index (χ0) is 12.6. The average molecular weight is 243 g/mol. The van der Waals surface area contributed by atoms with Crippen LogP contribution in [0.25, 0.3) is 0 Å². The first-order valence-corrected chi connectivity index (χ1v) is 4.61. The highest BCUT2D eigenvalue weighted by atomic mass is 19.3. The number of ether oxygens (including phenoxy) is 1. The lowest BCUT2D eigenvalue weighted by atomic mass is 10.1. The number of anilines is 1. The topological polar surface area (TPSA) is 75.6 Å². The molecule has 0 aliphatic carbocycles. The van der Waals surface area contributed by atoms with Crippen molar-refractivity contribution in [1.29, 1.82) is 0 Å². The Kier molecular flexibility index (Phi) is 2.45. The molecule has 0 saturated heterocycles. The molecule has 0 radical (unpaired) electrons. The van der Waals surface area contributed by atoms with Gasteiger partial charge in [-0.25, -0.2) is 0 Å². The van der Waals surface area contributed by atoms with Crippen LogP contribution in [-0.2, 0) is 16.0 Å². The largest absolute Gasteiger partial charge is 0.482 e. The quantitative estimate of drug-likeness (QED) is 0.819. The van der Waals surface area contributed by atoms with Gasteiger partial charge in [0.2, 0.25) is 0 Å². The second kappa shape index (κ2) is 3.69. The minimum Gasteiger partial charge on any atom is -0.481 e. The molecule has 0 fully saturated rings. The molecule has 0 saturated carbocycles. The molecule has 0 atom stereocenters. The molecule has 2 N–H and O–H groups in total. The molecule has 5 nitrogen and oxygen atoms in total. The van der Waals surface area contributed by atoms with Crippen molar-refractivity contribution in [3.8, 4) is 5.75 Å². The Morgan fingerprint density at radius 2 is 2.18 bits per heavy atom. The number of benzene rings is 1. The molecule has 0 spiro atoms. The van der Waals surface area contributed by atoms with Gasteiger partial charge in [-0.3, -0.25) is 9.59 Å². The van der Waals surface area contributed by atoms with Gasteiger partial charge in [0.05, 0.1) is 12.1 Å². The molecule has 1 amide bonds. The monoisotopic (exact) mass is 243 g/mol. The third kappa shape index (κ3) is 2.17. The van der Waals surface area contributed by atoms with Crippen LogP contribution in [0.5, 0.6) is 5.75 Å². The standard InChI is InChI=1S/C10H7F2NO4/c11-10(12)9(16)13-6-2-1-5(4-8(14)15)3-7(6)17-10/h1-3H,4H2,(H,13,16)(H,14,15). The molecule has 1 heterocycles. The number of fused-ring (bicyclic) bond motifs is 1. The van der Waals surface area contributed by atoms with Crippen molar-refractivity contribution >= 4 is 17.6 Å². The highest BCUT2D eigenvalue weighted by molar-refractivity contribution is 5.98. The number of aliphatic carboxylic acids is 1. The summed E-state index contributed by atoms with van der Waals surface area (Å²) >= 11 is 0. The van der Waals surface area contributed by atoms with Gasteiger partial charge in [0.1, 0.15) is 0 Å². The molecule has 90 valence electrons. The summed E-state index contributed by atoms with van der Waals surface area (Å²) in [5.41, 5.74) is 0.401. The van der Waals surface area contributed by atoms with Crippen LogP contribution in [0.4, 0.5) is 14.5 Å². The number of carbonyl (C=O) groups excluding carboxylic acids is 1. The van der Waals surface area contributed by atoms with E-state index in [1.165, 1.54) is 12.1 Å². The Labute approximate surface area is 94.0 Å². The van der Waals surface area contributed by atoms with Crippen molar-refractivity contribution < 1.29 is 28.2 Å². The number of carboxylic acid groups (broad SMARTS) is 1. The van der Waals surface area contributed by atoms with Gasteiger partial charge in [-0.15, -0.1) is 0 Å². The second-order valence-corrected chi connectivity index (χ2v) is 3.47. The van der Waals surface area contributed by atoms with Crippen molar-refractivity contribution in [3.05, 3.63) is 23.8 Å². The predicted octanol–water partition coefficient (Wildman–Crippen LogP) is 1.24. The number of nitrogens with one attached hydrogen (secondary N) is 1. The van der Waals surface area contributed by atoms with Gasteiger partial charge in [0, 0.05) is 0 Å². The molecule has 2 rings (SSSR count). The zero-order valence-corrected chi connectivity index (χ0v) is 8.37. The summed E-state index contributed by atoms with van der Waals surface area (Å²) in [5.74, 6) is -2.87. The van der Waals surface area contributed by atoms with Crippen LogP contribution in [0.1, 0.15) is 5.56 Å². The van der Waals surface area contributed by atoms with Crippen LogP contribution in [0.3, 0.4) is 0 Å². The van der Waals surface area contributed by atoms with E-state index < -0.39 is 18.0 Å². The average Bonchev–Trinajstić information content (AvgIpc) is 2.18. The van der Waals surface area contributed by atoms with E-state index in [2.05, 4.69) is 4.74 Å². The van der Waals surface area contributed by atoms with Crippen LogP contribution in [0.15, 0.2) is 18.2 Å². The summed E-state index contributed by atoms with van der Waals surface area (Å²) < 4.78 is 30.1. The van der Waals surface area contributed by atoms with E-state index in [1.807, 2.05) is 5.32 Å². The van der Waals surface area contributed by atoms with Gasteiger partial charge in [0.25, 0.3) is 0 Å². The molecule has 7 heteroatoms. The lowest BCUT2D eigenvalue weighted by Crippen LogP contribution is -2.43. The summed E-state index contributed by atoms with van der Waals surface area (Å²) in [6, 6.07) is 3.90. The molecular weight excluding hydrogens is 236 g/mol. The molecule has 1 aliphatic rings. The maximum atomic E-state index is 12.9. The molecule has 1 aliphatic heterocycles. The number of hydrogen-bond acceptors (Lipinski definition) is 3. The van der Waals surface area contributed by atoms with Crippen LogP contribution < -0.4 is 10.1 Å². The minimum atomic E-state index is -3.94. The van der Waals surface area contributed by atoms with Crippen LogP contribution >= 0.6 is 0 Å². The number of rotatable bonds is 2. The Morgan fingerprint density at radius 1 is 1.47 bits per heavy atom. The molecule has 1 aromatic carbocycles. The first kappa shape index (κ1) is 11.3. The fourth-order valence-corrected chi connectivity index (χ4v) is 1.42. The van der Waals surface area contributed by atoms with E-state index in [0.29, 0.717) is 5.56 Å². The second-order valence-electron chi connectivity index (χ2n) is 3.47. The smallest absolute Gasteiger partial charge is 0.481 e. The van der Waals surface area contributed by atoms with E-state index in [1.54, 1.807) is 0 Å². The Morgan fingerprint density at radius 3 is 2.82 bits per heavy atom. The molecule has 0 aromatic heterocycles. The highest BCUT2D eigenvalue weighted by Gasteiger charge is 2.46. The van der Waals surface area contributed by atoms with Gasteiger partial charge >= 0.3 is 18.0 Å². The number of carbonyl (C=O) groups is 2. The summed E-state index contributed by atoms with van der Waals surface area (Å²) in [6.45, 7) is 0. The van der Waals surface area contributed by atoms with Gasteiger partial charge in [-0.2, -0.15) is 8.78 Å². The summed E-state index contributed by atoms with van der Waals surface area (Å²) in [6.07, 6.45) is -4.25. The SMILES string of the molecule is O=C(O)Cc1ccc2c(c1)OC(F)(F)C(=O)N2. The van der Waals surface area contributed by atoms with E-state index in [9.17, 15) is 18.4 Å². The van der Waals surface area contributed by atoms with Crippen molar-refractivity contribution in [1.82, 2.24) is 0 Å². The number of alkyl halides is 2. The third-order valence-electron chi connectivity index (χ3n) is 2.15. The maximum absolute atomic E-state index is 12.9. The lowest BCUT2D eigenvalue weighted by molar-refractivity contribution is -0.189. The first-order valence-electron chi connectivity index (χ1n) is 4.61. The van der Waals surface area contributed by atoms with E-state index in [0.717, 1.165) is 6.07 Å². The maximum Gasteiger partial charge on any atom is 0.482 e. The minimum absolute atomic E-state index is 0.0927. The highest BCUT2D eigenvalue weighted by Crippen LogP contribution is 2.35. The predicted molar refractivity (Wildman–Crippen MR) is 52.0 cm³/mol. The molecule has 17 heavy (non-hydrogen) atoms. The summed E-state index contributed by atoms with van der Waals surface area (Å²) in [7, 11) is 0. The number of hydrogen-bond donors (Lipinski definition) is 2. The Bertz CT molecular complexity index is 501. The van der Waals surface area contributed by atoms with Crippen LogP contribution in [0, 0.1) is 0 Å². The summed E-state index contributed by atoms with van der Waals surface area (Å²) in [4.78, 5) is 21.3.